The Labute approximate surface area is 174 Å². The third-order valence-electron chi connectivity index (χ3n) is 4.91. The number of nitrogens with one attached hydrogen (secondary N) is 2. The zero-order valence-corrected chi connectivity index (χ0v) is 17.8. The van der Waals surface area contributed by atoms with E-state index >= 15 is 0 Å². The summed E-state index contributed by atoms with van der Waals surface area (Å²) in [7, 11) is -3.42. The lowest BCUT2D eigenvalue weighted by Gasteiger charge is -2.09. The van der Waals surface area contributed by atoms with Crippen LogP contribution < -0.4 is 10.0 Å². The topological polar surface area (TPSA) is 88.2 Å². The van der Waals surface area contributed by atoms with Crippen molar-refractivity contribution in [3.05, 3.63) is 64.0 Å². The maximum Gasteiger partial charge on any atom is 0.257 e. The van der Waals surface area contributed by atoms with Gasteiger partial charge in [-0.15, -0.1) is 11.3 Å². The van der Waals surface area contributed by atoms with Crippen molar-refractivity contribution in [2.45, 2.75) is 26.2 Å². The molecular formula is C21H21N3O3S2. The highest BCUT2D eigenvalue weighted by atomic mass is 32.2. The van der Waals surface area contributed by atoms with Crippen LogP contribution in [-0.2, 0) is 22.9 Å². The molecule has 1 aromatic heterocycles. The summed E-state index contributed by atoms with van der Waals surface area (Å²) in [5, 5.41) is 5.23. The summed E-state index contributed by atoms with van der Waals surface area (Å²) in [4.78, 5) is 17.2. The Balaban J connectivity index is 1.52. The van der Waals surface area contributed by atoms with Crippen molar-refractivity contribution in [2.24, 2.45) is 0 Å². The first-order valence-electron chi connectivity index (χ1n) is 9.26. The van der Waals surface area contributed by atoms with Gasteiger partial charge in [0.15, 0.2) is 5.13 Å². The van der Waals surface area contributed by atoms with Gasteiger partial charge in [-0.25, -0.2) is 13.4 Å². The highest BCUT2D eigenvalue weighted by molar-refractivity contribution is 7.92. The lowest BCUT2D eigenvalue weighted by Crippen LogP contribution is -2.14. The third kappa shape index (κ3) is 4.49. The van der Waals surface area contributed by atoms with Crippen LogP contribution in [0.25, 0.3) is 11.3 Å². The minimum absolute atomic E-state index is 0.337. The molecule has 8 heteroatoms. The second kappa shape index (κ2) is 7.61. The number of hydrogen-bond donors (Lipinski definition) is 2. The number of carbonyl (C=O) groups is 1. The number of benzene rings is 2. The van der Waals surface area contributed by atoms with Gasteiger partial charge >= 0.3 is 0 Å². The summed E-state index contributed by atoms with van der Waals surface area (Å²) in [5.41, 5.74) is 6.16. The van der Waals surface area contributed by atoms with Crippen LogP contribution in [0.2, 0.25) is 0 Å². The van der Waals surface area contributed by atoms with E-state index < -0.39 is 10.0 Å². The van der Waals surface area contributed by atoms with Crippen molar-refractivity contribution >= 4 is 38.1 Å². The van der Waals surface area contributed by atoms with Gasteiger partial charge < -0.3 is 0 Å². The highest BCUT2D eigenvalue weighted by Gasteiger charge is 2.15. The second-order valence-corrected chi connectivity index (χ2v) is 9.84. The molecule has 1 heterocycles. The molecule has 0 fully saturated rings. The van der Waals surface area contributed by atoms with Gasteiger partial charge in [0.1, 0.15) is 0 Å². The number of carbonyl (C=O) groups excluding carboxylic acids is 1. The Hall–Kier alpha value is -2.71. The molecule has 0 atom stereocenters. The molecule has 29 heavy (non-hydrogen) atoms. The van der Waals surface area contributed by atoms with E-state index in [2.05, 4.69) is 33.2 Å². The van der Waals surface area contributed by atoms with Crippen LogP contribution in [0.3, 0.4) is 0 Å². The predicted molar refractivity (Wildman–Crippen MR) is 117 cm³/mol. The minimum Gasteiger partial charge on any atom is -0.298 e. The van der Waals surface area contributed by atoms with E-state index in [-0.39, 0.29) is 5.91 Å². The molecule has 0 spiro atoms. The summed E-state index contributed by atoms with van der Waals surface area (Å²) in [6.45, 7) is 1.78. The molecule has 0 aliphatic heterocycles. The van der Waals surface area contributed by atoms with Gasteiger partial charge in [-0.2, -0.15) is 0 Å². The van der Waals surface area contributed by atoms with Gasteiger partial charge in [-0.05, 0) is 61.1 Å². The minimum atomic E-state index is -3.42. The van der Waals surface area contributed by atoms with E-state index in [0.29, 0.717) is 16.4 Å². The van der Waals surface area contributed by atoms with E-state index in [1.165, 1.54) is 35.0 Å². The monoisotopic (exact) mass is 427 g/mol. The molecule has 0 bridgehead atoms. The standard InChI is InChI=1S/C21H21N3O3S2/c1-13-6-7-17(11-18(13)24-29(2,26)27)20(25)23-21-22-19(12-28-21)16-9-8-14-4-3-5-15(14)10-16/h6-12,24H,3-5H2,1-2H3,(H,22,23,25). The van der Waals surface area contributed by atoms with Crippen LogP contribution in [0.4, 0.5) is 10.8 Å². The quantitative estimate of drug-likeness (QED) is 0.638. The normalized spacial score (nSPS) is 13.2. The Morgan fingerprint density at radius 2 is 1.90 bits per heavy atom. The molecule has 3 aromatic rings. The van der Waals surface area contributed by atoms with Crippen molar-refractivity contribution in [2.75, 3.05) is 16.3 Å². The van der Waals surface area contributed by atoms with Gasteiger partial charge in [0.05, 0.1) is 17.6 Å². The summed E-state index contributed by atoms with van der Waals surface area (Å²) in [6.07, 6.45) is 4.52. The van der Waals surface area contributed by atoms with Crippen LogP contribution in [-0.4, -0.2) is 25.6 Å². The molecule has 4 rings (SSSR count). The summed E-state index contributed by atoms with van der Waals surface area (Å²) in [5.74, 6) is -0.337. The number of hydrogen-bond acceptors (Lipinski definition) is 5. The van der Waals surface area contributed by atoms with E-state index in [1.807, 2.05) is 5.38 Å². The summed E-state index contributed by atoms with van der Waals surface area (Å²) < 4.78 is 25.5. The maximum absolute atomic E-state index is 12.6. The molecule has 6 nitrogen and oxygen atoms in total. The van der Waals surface area contributed by atoms with Gasteiger partial charge in [0.25, 0.3) is 5.91 Å². The number of amides is 1. The molecule has 0 saturated heterocycles. The van der Waals surface area contributed by atoms with Crippen LogP contribution >= 0.6 is 11.3 Å². The molecule has 150 valence electrons. The lowest BCUT2D eigenvalue weighted by atomic mass is 10.1. The number of fused-ring (bicyclic) bond motifs is 1. The smallest absolute Gasteiger partial charge is 0.257 e. The first kappa shape index (κ1) is 19.6. The molecule has 0 saturated carbocycles. The Bertz CT molecular complexity index is 1200. The third-order valence-corrected chi connectivity index (χ3v) is 6.26. The number of sulfonamides is 1. The first-order valence-corrected chi connectivity index (χ1v) is 12.0. The van der Waals surface area contributed by atoms with Gasteiger partial charge in [-0.1, -0.05) is 18.2 Å². The molecular weight excluding hydrogens is 406 g/mol. The van der Waals surface area contributed by atoms with E-state index in [4.69, 9.17) is 0 Å². The predicted octanol–water partition coefficient (Wildman–Crippen LogP) is 4.23. The van der Waals surface area contributed by atoms with Crippen LogP contribution in [0.15, 0.2) is 41.8 Å². The van der Waals surface area contributed by atoms with Gasteiger partial charge in [0.2, 0.25) is 10.0 Å². The number of rotatable bonds is 5. The fraction of sp³-hybridized carbons (Fsp3) is 0.238. The zero-order valence-electron chi connectivity index (χ0n) is 16.2. The zero-order chi connectivity index (χ0) is 20.6. The highest BCUT2D eigenvalue weighted by Crippen LogP contribution is 2.30. The molecule has 2 N–H and O–H groups in total. The number of anilines is 2. The molecule has 1 aliphatic rings. The van der Waals surface area contributed by atoms with E-state index in [1.54, 1.807) is 19.1 Å². The number of aromatic nitrogens is 1. The average molecular weight is 428 g/mol. The van der Waals surface area contributed by atoms with Gasteiger partial charge in [-0.3, -0.25) is 14.8 Å². The van der Waals surface area contributed by atoms with Crippen LogP contribution in [0, 0.1) is 6.92 Å². The molecule has 0 unspecified atom stereocenters. The Morgan fingerprint density at radius 3 is 2.69 bits per heavy atom. The van der Waals surface area contributed by atoms with Crippen LogP contribution in [0.5, 0.6) is 0 Å². The fourth-order valence-electron chi connectivity index (χ4n) is 3.44. The number of nitrogens with zero attached hydrogens (tertiary/aromatic N) is 1. The molecule has 1 aliphatic carbocycles. The summed E-state index contributed by atoms with van der Waals surface area (Å²) >= 11 is 1.36. The number of thiazole rings is 1. The van der Waals surface area contributed by atoms with Crippen molar-refractivity contribution in [1.82, 2.24) is 4.98 Å². The maximum atomic E-state index is 12.6. The first-order chi connectivity index (χ1) is 13.8. The SMILES string of the molecule is Cc1ccc(C(=O)Nc2nc(-c3ccc4c(c3)CCC4)cs2)cc1NS(C)(=O)=O. The van der Waals surface area contributed by atoms with Gasteiger partial charge in [0, 0.05) is 16.5 Å². The van der Waals surface area contributed by atoms with Crippen molar-refractivity contribution in [1.29, 1.82) is 0 Å². The molecule has 0 radical (unpaired) electrons. The Kier molecular flexibility index (Phi) is 5.14. The van der Waals surface area contributed by atoms with Crippen molar-refractivity contribution in [3.8, 4) is 11.3 Å². The second-order valence-electron chi connectivity index (χ2n) is 7.23. The van der Waals surface area contributed by atoms with Crippen LogP contribution in [0.1, 0.15) is 33.5 Å². The Morgan fingerprint density at radius 1 is 1.10 bits per heavy atom. The average Bonchev–Trinajstić information content (AvgIpc) is 3.30. The van der Waals surface area contributed by atoms with E-state index in [9.17, 15) is 13.2 Å². The van der Waals surface area contributed by atoms with Crippen molar-refractivity contribution in [3.63, 3.8) is 0 Å². The van der Waals surface area contributed by atoms with E-state index in [0.717, 1.165) is 35.9 Å². The largest absolute Gasteiger partial charge is 0.298 e. The molecule has 2 aromatic carbocycles. The number of aryl methyl sites for hydroxylation is 3. The van der Waals surface area contributed by atoms with Crippen molar-refractivity contribution < 1.29 is 13.2 Å². The molecule has 1 amide bonds. The fourth-order valence-corrected chi connectivity index (χ4v) is 4.77. The summed E-state index contributed by atoms with van der Waals surface area (Å²) in [6, 6.07) is 11.3. The lowest BCUT2D eigenvalue weighted by molar-refractivity contribution is 0.102.